The van der Waals surface area contributed by atoms with Gasteiger partial charge in [-0.05, 0) is 77.0 Å². The van der Waals surface area contributed by atoms with Crippen molar-refractivity contribution in [2.24, 2.45) is 11.7 Å². The lowest BCUT2D eigenvalue weighted by atomic mass is 9.95. The third kappa shape index (κ3) is 13.8. The molecule has 240 valence electrons. The summed E-state index contributed by atoms with van der Waals surface area (Å²) < 4.78 is 10.4. The number of primary amides is 1. The van der Waals surface area contributed by atoms with Crippen molar-refractivity contribution in [3.63, 3.8) is 0 Å². The Balaban J connectivity index is 3.65. The quantitative estimate of drug-likeness (QED) is 0.225. The molecule has 0 aliphatic carbocycles. The minimum Gasteiger partial charge on any atom is -0.466 e. The average Bonchev–Trinajstić information content (AvgIpc) is 2.91. The number of benzene rings is 1. The van der Waals surface area contributed by atoms with Crippen LogP contribution in [0, 0.1) is 5.92 Å². The van der Waals surface area contributed by atoms with E-state index in [1.165, 1.54) is 4.90 Å². The minimum atomic E-state index is -1.21. The van der Waals surface area contributed by atoms with E-state index in [-0.39, 0.29) is 32.4 Å². The molecule has 0 fully saturated rings. The Morgan fingerprint density at radius 1 is 1.05 bits per heavy atom. The van der Waals surface area contributed by atoms with E-state index in [1.807, 2.05) is 13.0 Å². The van der Waals surface area contributed by atoms with Crippen LogP contribution in [0.2, 0.25) is 0 Å². The van der Waals surface area contributed by atoms with Crippen LogP contribution in [0.1, 0.15) is 97.7 Å². The fourth-order valence-electron chi connectivity index (χ4n) is 4.40. The Kier molecular flexibility index (Phi) is 15.5. The van der Waals surface area contributed by atoms with Gasteiger partial charge in [-0.15, -0.1) is 0 Å². The van der Waals surface area contributed by atoms with Crippen molar-refractivity contribution >= 4 is 35.9 Å². The van der Waals surface area contributed by atoms with E-state index in [9.17, 15) is 24.0 Å². The number of carbonyl (C=O) groups is 5. The summed E-state index contributed by atoms with van der Waals surface area (Å²) >= 11 is 0. The van der Waals surface area contributed by atoms with E-state index in [1.54, 1.807) is 52.0 Å². The highest BCUT2D eigenvalue weighted by Crippen LogP contribution is 2.29. The van der Waals surface area contributed by atoms with Crippen molar-refractivity contribution in [2.45, 2.75) is 104 Å². The number of alkyl carbamates (subject to hydrolysis) is 1. The van der Waals surface area contributed by atoms with Gasteiger partial charge in [0.05, 0.1) is 13.0 Å². The van der Waals surface area contributed by atoms with Gasteiger partial charge in [-0.3, -0.25) is 19.2 Å². The van der Waals surface area contributed by atoms with Crippen LogP contribution in [-0.2, 0) is 28.7 Å². The predicted molar refractivity (Wildman–Crippen MR) is 165 cm³/mol. The summed E-state index contributed by atoms with van der Waals surface area (Å²) in [5, 5.41) is 5.38. The minimum absolute atomic E-state index is 0.00101. The molecular formula is C32H50N4O7. The standard InChI is InChI=1S/C32H50N4O7/c1-9-23-12-11-13-24(20-23)28(29(39)34-19-18-27(38)42-10-2)36(22(5)15-14-21(3)4)30(40)25(16-17-26(33)37)35-31(41)43-32(6,7)8/h9,11-13,20-22,25,28H,1,10,14-19H2,2-8H3,(H2,33,37)(H,34,39)(H,35,41). The molecule has 0 saturated heterocycles. The maximum atomic E-state index is 14.4. The molecule has 1 aromatic rings. The monoisotopic (exact) mass is 602 g/mol. The van der Waals surface area contributed by atoms with E-state index in [0.29, 0.717) is 17.9 Å². The first-order valence-corrected chi connectivity index (χ1v) is 14.8. The van der Waals surface area contributed by atoms with Crippen molar-refractivity contribution in [2.75, 3.05) is 13.2 Å². The van der Waals surface area contributed by atoms with Gasteiger partial charge in [0.1, 0.15) is 17.7 Å². The highest BCUT2D eigenvalue weighted by atomic mass is 16.6. The lowest BCUT2D eigenvalue weighted by molar-refractivity contribution is -0.146. The van der Waals surface area contributed by atoms with E-state index in [4.69, 9.17) is 15.2 Å². The average molecular weight is 603 g/mol. The van der Waals surface area contributed by atoms with Crippen LogP contribution >= 0.6 is 0 Å². The Bertz CT molecular complexity index is 1110. The molecule has 0 saturated carbocycles. The van der Waals surface area contributed by atoms with Gasteiger partial charge in [-0.2, -0.15) is 0 Å². The third-order valence-corrected chi connectivity index (χ3v) is 6.48. The van der Waals surface area contributed by atoms with Crippen molar-refractivity contribution in [1.82, 2.24) is 15.5 Å². The summed E-state index contributed by atoms with van der Waals surface area (Å²) in [6.07, 6.45) is 1.80. The molecule has 0 bridgehead atoms. The number of carbonyl (C=O) groups excluding carboxylic acids is 5. The molecule has 3 unspecified atom stereocenters. The molecule has 1 rings (SSSR count). The largest absolute Gasteiger partial charge is 0.466 e. The fourth-order valence-corrected chi connectivity index (χ4v) is 4.40. The Morgan fingerprint density at radius 3 is 2.28 bits per heavy atom. The number of ether oxygens (including phenoxy) is 2. The molecule has 11 nitrogen and oxygen atoms in total. The number of rotatable bonds is 17. The molecule has 4 N–H and O–H groups in total. The highest BCUT2D eigenvalue weighted by Gasteiger charge is 2.39. The summed E-state index contributed by atoms with van der Waals surface area (Å²) in [5.41, 5.74) is 5.82. The van der Waals surface area contributed by atoms with E-state index >= 15 is 0 Å². The number of esters is 1. The first-order chi connectivity index (χ1) is 20.1. The molecule has 0 aliphatic rings. The van der Waals surface area contributed by atoms with Crippen LogP contribution in [0.4, 0.5) is 4.79 Å². The second kappa shape index (κ2) is 17.9. The summed E-state index contributed by atoms with van der Waals surface area (Å²) in [5.74, 6) is -1.86. The molecule has 0 aromatic heterocycles. The maximum Gasteiger partial charge on any atom is 0.408 e. The molecule has 3 atom stereocenters. The smallest absolute Gasteiger partial charge is 0.408 e. The molecular weight excluding hydrogens is 552 g/mol. The van der Waals surface area contributed by atoms with Crippen LogP contribution < -0.4 is 16.4 Å². The third-order valence-electron chi connectivity index (χ3n) is 6.48. The molecule has 4 amide bonds. The van der Waals surface area contributed by atoms with E-state index in [2.05, 4.69) is 31.1 Å². The zero-order chi connectivity index (χ0) is 32.7. The second-order valence-corrected chi connectivity index (χ2v) is 11.9. The fraction of sp³-hybridized carbons (Fsp3) is 0.594. The number of hydrogen-bond acceptors (Lipinski definition) is 7. The van der Waals surface area contributed by atoms with Crippen LogP contribution in [0.25, 0.3) is 6.08 Å². The van der Waals surface area contributed by atoms with Gasteiger partial charge < -0.3 is 30.7 Å². The molecule has 0 radical (unpaired) electrons. The SMILES string of the molecule is C=Cc1cccc(C(C(=O)NCCC(=O)OCC)N(C(=O)C(CCC(N)=O)NC(=O)OC(C)(C)C)C(C)CCC(C)C)c1. The van der Waals surface area contributed by atoms with Crippen molar-refractivity contribution in [1.29, 1.82) is 0 Å². The van der Waals surface area contributed by atoms with Gasteiger partial charge in [0.2, 0.25) is 17.7 Å². The summed E-state index contributed by atoms with van der Waals surface area (Å²) in [7, 11) is 0. The Labute approximate surface area is 255 Å². The highest BCUT2D eigenvalue weighted by molar-refractivity contribution is 5.93. The molecule has 0 aliphatic heterocycles. The van der Waals surface area contributed by atoms with E-state index in [0.717, 1.165) is 12.0 Å². The predicted octanol–water partition coefficient (Wildman–Crippen LogP) is 4.25. The second-order valence-electron chi connectivity index (χ2n) is 11.9. The number of nitrogens with zero attached hydrogens (tertiary/aromatic N) is 1. The molecule has 0 spiro atoms. The molecule has 0 heterocycles. The van der Waals surface area contributed by atoms with Crippen LogP contribution in [-0.4, -0.2) is 65.5 Å². The van der Waals surface area contributed by atoms with Crippen molar-refractivity contribution < 1.29 is 33.4 Å². The number of amides is 4. The number of nitrogens with two attached hydrogens (primary N) is 1. The summed E-state index contributed by atoms with van der Waals surface area (Å²) in [4.78, 5) is 66.2. The maximum absolute atomic E-state index is 14.4. The van der Waals surface area contributed by atoms with Gasteiger partial charge in [0.15, 0.2) is 0 Å². The van der Waals surface area contributed by atoms with Gasteiger partial charge in [-0.25, -0.2) is 4.79 Å². The normalized spacial score (nSPS) is 13.3. The van der Waals surface area contributed by atoms with Crippen LogP contribution in [0.3, 0.4) is 0 Å². The first kappa shape index (κ1) is 37.1. The zero-order valence-electron chi connectivity index (χ0n) is 26.7. The van der Waals surface area contributed by atoms with Gasteiger partial charge >= 0.3 is 12.1 Å². The topological polar surface area (TPSA) is 157 Å². The van der Waals surface area contributed by atoms with Crippen molar-refractivity contribution in [3.05, 3.63) is 42.0 Å². The summed E-state index contributed by atoms with van der Waals surface area (Å²) in [6, 6.07) is 4.28. The van der Waals surface area contributed by atoms with Gasteiger partial charge in [0, 0.05) is 19.0 Å². The van der Waals surface area contributed by atoms with E-state index < -0.39 is 53.5 Å². The van der Waals surface area contributed by atoms with Gasteiger partial charge in [-0.1, -0.05) is 44.7 Å². The Morgan fingerprint density at radius 2 is 1.72 bits per heavy atom. The lowest BCUT2D eigenvalue weighted by Crippen LogP contribution is -2.55. The van der Waals surface area contributed by atoms with Crippen molar-refractivity contribution in [3.8, 4) is 0 Å². The molecule has 1 aromatic carbocycles. The Hall–Kier alpha value is -3.89. The molecule has 11 heteroatoms. The first-order valence-electron chi connectivity index (χ1n) is 14.8. The van der Waals surface area contributed by atoms with Crippen LogP contribution in [0.5, 0.6) is 0 Å². The molecule has 43 heavy (non-hydrogen) atoms. The van der Waals surface area contributed by atoms with Crippen LogP contribution in [0.15, 0.2) is 30.8 Å². The zero-order valence-corrected chi connectivity index (χ0v) is 26.7. The van der Waals surface area contributed by atoms with Gasteiger partial charge in [0.25, 0.3) is 0 Å². The summed E-state index contributed by atoms with van der Waals surface area (Å²) in [6.45, 7) is 16.8. The lowest BCUT2D eigenvalue weighted by Gasteiger charge is -2.39. The number of nitrogens with one attached hydrogen (secondary N) is 2. The number of hydrogen-bond donors (Lipinski definition) is 3.